The number of rotatable bonds is 3. The van der Waals surface area contributed by atoms with E-state index in [4.69, 9.17) is 5.73 Å². The fourth-order valence-electron chi connectivity index (χ4n) is 1.69. The lowest BCUT2D eigenvalue weighted by Gasteiger charge is -2.07. The highest BCUT2D eigenvalue weighted by atomic mass is 19.2. The molecule has 0 aliphatic heterocycles. The molecule has 18 heavy (non-hydrogen) atoms. The highest BCUT2D eigenvalue weighted by Gasteiger charge is 2.05. The summed E-state index contributed by atoms with van der Waals surface area (Å²) in [5, 5.41) is 0. The largest absolute Gasteiger partial charge is 0.329 e. The lowest BCUT2D eigenvalue weighted by Crippen LogP contribution is -2.22. The summed E-state index contributed by atoms with van der Waals surface area (Å²) in [5.74, 6) is -1.81. The maximum atomic E-state index is 13.1. The van der Waals surface area contributed by atoms with Crippen LogP contribution in [-0.2, 0) is 6.54 Å². The standard InChI is InChI=1S/C13H12F2N2O/c14-11-3-1-9(7-12(11)15)10-2-4-13(18)17(8-10)6-5-16/h1-4,7-8H,5-6,16H2. The monoisotopic (exact) mass is 250 g/mol. The molecule has 2 rings (SSSR count). The van der Waals surface area contributed by atoms with E-state index in [1.54, 1.807) is 12.3 Å². The topological polar surface area (TPSA) is 48.0 Å². The molecule has 0 unspecified atom stereocenters. The van der Waals surface area contributed by atoms with Crippen molar-refractivity contribution >= 4 is 0 Å². The Morgan fingerprint density at radius 3 is 2.44 bits per heavy atom. The molecule has 2 aromatic rings. The lowest BCUT2D eigenvalue weighted by atomic mass is 10.1. The van der Waals surface area contributed by atoms with Gasteiger partial charge < -0.3 is 10.3 Å². The number of hydrogen-bond donors (Lipinski definition) is 1. The molecule has 5 heteroatoms. The van der Waals surface area contributed by atoms with Crippen LogP contribution in [0, 0.1) is 11.6 Å². The molecule has 2 N–H and O–H groups in total. The Hall–Kier alpha value is -2.01. The van der Waals surface area contributed by atoms with Gasteiger partial charge in [0, 0.05) is 25.4 Å². The van der Waals surface area contributed by atoms with Crippen LogP contribution < -0.4 is 11.3 Å². The van der Waals surface area contributed by atoms with Gasteiger partial charge in [0.15, 0.2) is 11.6 Å². The van der Waals surface area contributed by atoms with Gasteiger partial charge in [-0.05, 0) is 29.3 Å². The van der Waals surface area contributed by atoms with Crippen molar-refractivity contribution in [1.82, 2.24) is 4.57 Å². The molecule has 0 bridgehead atoms. The SMILES string of the molecule is NCCn1cc(-c2ccc(F)c(F)c2)ccc1=O. The van der Waals surface area contributed by atoms with E-state index >= 15 is 0 Å². The quantitative estimate of drug-likeness (QED) is 0.902. The minimum atomic E-state index is -0.913. The number of nitrogens with zero attached hydrogens (tertiary/aromatic N) is 1. The van der Waals surface area contributed by atoms with Crippen LogP contribution in [0.15, 0.2) is 41.3 Å². The Balaban J connectivity index is 2.47. The number of aromatic nitrogens is 1. The predicted molar refractivity (Wildman–Crippen MR) is 65.1 cm³/mol. The molecule has 0 aliphatic rings. The van der Waals surface area contributed by atoms with Gasteiger partial charge in [-0.15, -0.1) is 0 Å². The van der Waals surface area contributed by atoms with Gasteiger partial charge in [0.1, 0.15) is 0 Å². The van der Waals surface area contributed by atoms with E-state index in [0.717, 1.165) is 12.1 Å². The molecule has 94 valence electrons. The highest BCUT2D eigenvalue weighted by molar-refractivity contribution is 5.62. The van der Waals surface area contributed by atoms with E-state index in [9.17, 15) is 13.6 Å². The zero-order chi connectivity index (χ0) is 13.1. The van der Waals surface area contributed by atoms with Crippen molar-refractivity contribution in [2.45, 2.75) is 6.54 Å². The van der Waals surface area contributed by atoms with E-state index in [1.807, 2.05) is 0 Å². The second-order valence-corrected chi connectivity index (χ2v) is 3.87. The summed E-state index contributed by atoms with van der Waals surface area (Å²) in [6, 6.07) is 6.57. The summed E-state index contributed by atoms with van der Waals surface area (Å²) in [7, 11) is 0. The molecule has 0 aliphatic carbocycles. The molecule has 0 atom stereocenters. The molecule has 0 amide bonds. The van der Waals surface area contributed by atoms with Crippen LogP contribution in [0.5, 0.6) is 0 Å². The van der Waals surface area contributed by atoms with Crippen molar-refractivity contribution in [1.29, 1.82) is 0 Å². The van der Waals surface area contributed by atoms with Crippen LogP contribution in [0.2, 0.25) is 0 Å². The van der Waals surface area contributed by atoms with E-state index in [2.05, 4.69) is 0 Å². The first-order valence-electron chi connectivity index (χ1n) is 5.48. The van der Waals surface area contributed by atoms with Crippen molar-refractivity contribution in [3.05, 3.63) is 58.5 Å². The van der Waals surface area contributed by atoms with Gasteiger partial charge in [-0.1, -0.05) is 6.07 Å². The zero-order valence-corrected chi connectivity index (χ0v) is 9.57. The summed E-state index contributed by atoms with van der Waals surface area (Å²) < 4.78 is 27.4. The minimum Gasteiger partial charge on any atom is -0.329 e. The van der Waals surface area contributed by atoms with Gasteiger partial charge in [0.05, 0.1) is 0 Å². The molecular weight excluding hydrogens is 238 g/mol. The average molecular weight is 250 g/mol. The third-order valence-electron chi connectivity index (χ3n) is 2.61. The summed E-state index contributed by atoms with van der Waals surface area (Å²) in [6.07, 6.45) is 1.59. The maximum absolute atomic E-state index is 13.1. The third kappa shape index (κ3) is 2.46. The van der Waals surface area contributed by atoms with Crippen LogP contribution in [0.25, 0.3) is 11.1 Å². The first-order chi connectivity index (χ1) is 8.61. The molecular formula is C13H12F2N2O. The normalized spacial score (nSPS) is 10.6. The molecule has 0 saturated carbocycles. The number of nitrogens with two attached hydrogens (primary N) is 1. The molecule has 1 aromatic heterocycles. The van der Waals surface area contributed by atoms with E-state index in [-0.39, 0.29) is 5.56 Å². The van der Waals surface area contributed by atoms with Crippen LogP contribution in [0.4, 0.5) is 8.78 Å². The molecule has 1 heterocycles. The fraction of sp³-hybridized carbons (Fsp3) is 0.154. The summed E-state index contributed by atoms with van der Waals surface area (Å²) >= 11 is 0. The number of halogens is 2. The Labute approximate surface area is 102 Å². The van der Waals surface area contributed by atoms with Gasteiger partial charge in [-0.25, -0.2) is 8.78 Å². The number of hydrogen-bond acceptors (Lipinski definition) is 2. The van der Waals surface area contributed by atoms with Gasteiger partial charge >= 0.3 is 0 Å². The fourth-order valence-corrected chi connectivity index (χ4v) is 1.69. The van der Waals surface area contributed by atoms with Crippen molar-refractivity contribution in [2.75, 3.05) is 6.54 Å². The van der Waals surface area contributed by atoms with Crippen molar-refractivity contribution in [2.24, 2.45) is 5.73 Å². The highest BCUT2D eigenvalue weighted by Crippen LogP contribution is 2.20. The summed E-state index contributed by atoms with van der Waals surface area (Å²) in [4.78, 5) is 11.5. The Kier molecular flexibility index (Phi) is 3.53. The van der Waals surface area contributed by atoms with E-state index < -0.39 is 11.6 Å². The molecule has 0 fully saturated rings. The second-order valence-electron chi connectivity index (χ2n) is 3.87. The predicted octanol–water partition coefficient (Wildman–Crippen LogP) is 1.75. The van der Waals surface area contributed by atoms with Gasteiger partial charge in [-0.2, -0.15) is 0 Å². The maximum Gasteiger partial charge on any atom is 0.250 e. The molecule has 1 aromatic carbocycles. The third-order valence-corrected chi connectivity index (χ3v) is 2.61. The van der Waals surface area contributed by atoms with Crippen LogP contribution in [-0.4, -0.2) is 11.1 Å². The smallest absolute Gasteiger partial charge is 0.250 e. The molecule has 0 saturated heterocycles. The first kappa shape index (κ1) is 12.4. The zero-order valence-electron chi connectivity index (χ0n) is 9.57. The molecule has 3 nitrogen and oxygen atoms in total. The molecule has 0 spiro atoms. The number of pyridine rings is 1. The van der Waals surface area contributed by atoms with Gasteiger partial charge in [0.2, 0.25) is 0 Å². The van der Waals surface area contributed by atoms with Gasteiger partial charge in [-0.3, -0.25) is 4.79 Å². The second kappa shape index (κ2) is 5.10. The van der Waals surface area contributed by atoms with Crippen molar-refractivity contribution < 1.29 is 8.78 Å². The van der Waals surface area contributed by atoms with Crippen LogP contribution >= 0.6 is 0 Å². The van der Waals surface area contributed by atoms with Gasteiger partial charge in [0.25, 0.3) is 5.56 Å². The summed E-state index contributed by atoms with van der Waals surface area (Å²) in [6.45, 7) is 0.720. The first-order valence-corrected chi connectivity index (χ1v) is 5.48. The van der Waals surface area contributed by atoms with Crippen LogP contribution in [0.3, 0.4) is 0 Å². The number of benzene rings is 1. The van der Waals surface area contributed by atoms with Crippen molar-refractivity contribution in [3.63, 3.8) is 0 Å². The Morgan fingerprint density at radius 1 is 1.06 bits per heavy atom. The lowest BCUT2D eigenvalue weighted by molar-refractivity contribution is 0.509. The Morgan fingerprint density at radius 2 is 1.78 bits per heavy atom. The van der Waals surface area contributed by atoms with Crippen LogP contribution in [0.1, 0.15) is 0 Å². The van der Waals surface area contributed by atoms with E-state index in [0.29, 0.717) is 24.2 Å². The van der Waals surface area contributed by atoms with Crippen molar-refractivity contribution in [3.8, 4) is 11.1 Å². The Bertz CT molecular complexity index is 623. The molecule has 0 radical (unpaired) electrons. The van der Waals surface area contributed by atoms with E-state index in [1.165, 1.54) is 16.7 Å². The minimum absolute atomic E-state index is 0.174. The summed E-state index contributed by atoms with van der Waals surface area (Å²) in [5.41, 5.74) is 6.37. The average Bonchev–Trinajstić information content (AvgIpc) is 2.36.